The number of fused-ring (bicyclic) bond motifs is 1. The Balaban J connectivity index is 1.45. The van der Waals surface area contributed by atoms with Crippen molar-refractivity contribution in [3.63, 3.8) is 0 Å². The van der Waals surface area contributed by atoms with Crippen molar-refractivity contribution < 1.29 is 9.53 Å². The molecule has 2 aromatic heterocycles. The summed E-state index contributed by atoms with van der Waals surface area (Å²) in [7, 11) is 0. The Hall–Kier alpha value is -2.89. The lowest BCUT2D eigenvalue weighted by Gasteiger charge is -2.26. The fraction of sp³-hybridized carbons (Fsp3) is 0.235. The van der Waals surface area contributed by atoms with Gasteiger partial charge in [-0.3, -0.25) is 4.79 Å². The average molecular weight is 308 g/mol. The zero-order valence-corrected chi connectivity index (χ0v) is 12.5. The molecule has 1 aliphatic carbocycles. The van der Waals surface area contributed by atoms with E-state index in [2.05, 4.69) is 15.4 Å². The lowest BCUT2D eigenvalue weighted by Crippen LogP contribution is -2.24. The topological polar surface area (TPSA) is 68.5 Å². The number of hydrogen-bond donors (Lipinski definition) is 1. The number of benzene rings is 1. The zero-order chi connectivity index (χ0) is 15.6. The second kappa shape index (κ2) is 5.72. The molecule has 1 aromatic carbocycles. The van der Waals surface area contributed by atoms with Crippen molar-refractivity contribution in [2.75, 3.05) is 5.32 Å². The van der Waals surface area contributed by atoms with Gasteiger partial charge in [-0.2, -0.15) is 5.10 Å². The molecule has 116 valence electrons. The first-order chi connectivity index (χ1) is 11.3. The van der Waals surface area contributed by atoms with Gasteiger partial charge < -0.3 is 10.1 Å². The van der Waals surface area contributed by atoms with E-state index in [1.54, 1.807) is 41.3 Å². The molecule has 1 aliphatic rings. The van der Waals surface area contributed by atoms with Crippen molar-refractivity contribution in [1.82, 2.24) is 14.6 Å². The number of nitrogens with zero attached hydrogens (tertiary/aromatic N) is 3. The smallest absolute Gasteiger partial charge is 0.255 e. The molecule has 6 heteroatoms. The third-order valence-corrected chi connectivity index (χ3v) is 3.98. The quantitative estimate of drug-likeness (QED) is 0.804. The van der Waals surface area contributed by atoms with Crippen LogP contribution in [0.4, 0.5) is 5.69 Å². The highest BCUT2D eigenvalue weighted by molar-refractivity contribution is 6.04. The van der Waals surface area contributed by atoms with Crippen LogP contribution >= 0.6 is 0 Å². The fourth-order valence-electron chi connectivity index (χ4n) is 2.44. The molecule has 1 N–H and O–H groups in total. The van der Waals surface area contributed by atoms with E-state index in [0.29, 0.717) is 17.4 Å². The average Bonchev–Trinajstić information content (AvgIpc) is 2.99. The molecule has 1 amide bonds. The highest BCUT2D eigenvalue weighted by Crippen LogP contribution is 2.25. The zero-order valence-electron chi connectivity index (χ0n) is 12.5. The predicted molar refractivity (Wildman–Crippen MR) is 85.6 cm³/mol. The summed E-state index contributed by atoms with van der Waals surface area (Å²) < 4.78 is 7.41. The maximum atomic E-state index is 12.3. The molecule has 1 saturated carbocycles. The van der Waals surface area contributed by atoms with E-state index in [1.807, 2.05) is 12.1 Å². The second-order valence-electron chi connectivity index (χ2n) is 5.63. The van der Waals surface area contributed by atoms with Gasteiger partial charge in [0, 0.05) is 11.6 Å². The number of carbonyl (C=O) groups is 1. The van der Waals surface area contributed by atoms with Crippen LogP contribution in [-0.4, -0.2) is 26.6 Å². The van der Waals surface area contributed by atoms with Crippen molar-refractivity contribution in [3.8, 4) is 5.75 Å². The van der Waals surface area contributed by atoms with E-state index in [4.69, 9.17) is 4.74 Å². The monoisotopic (exact) mass is 308 g/mol. The highest BCUT2D eigenvalue weighted by atomic mass is 16.5. The first-order valence-electron chi connectivity index (χ1n) is 7.65. The van der Waals surface area contributed by atoms with E-state index in [9.17, 15) is 4.79 Å². The van der Waals surface area contributed by atoms with E-state index in [1.165, 1.54) is 6.42 Å². The maximum Gasteiger partial charge on any atom is 0.255 e. The van der Waals surface area contributed by atoms with E-state index >= 15 is 0 Å². The summed E-state index contributed by atoms with van der Waals surface area (Å²) in [5, 5.41) is 6.92. The predicted octanol–water partition coefficient (Wildman–Crippen LogP) is 2.91. The van der Waals surface area contributed by atoms with Gasteiger partial charge in [0.1, 0.15) is 5.75 Å². The Labute approximate surface area is 133 Å². The SMILES string of the molecule is O=C(Nc1cnc2ccnn2c1)c1ccc(OC2CCC2)cc1. The van der Waals surface area contributed by atoms with Crippen molar-refractivity contribution in [2.45, 2.75) is 25.4 Å². The summed E-state index contributed by atoms with van der Waals surface area (Å²) in [5.74, 6) is 0.624. The lowest BCUT2D eigenvalue weighted by molar-refractivity contribution is 0.102. The van der Waals surface area contributed by atoms with Crippen molar-refractivity contribution >= 4 is 17.2 Å². The molecule has 3 aromatic rings. The molecule has 6 nitrogen and oxygen atoms in total. The molecule has 1 fully saturated rings. The van der Waals surface area contributed by atoms with Crippen molar-refractivity contribution in [1.29, 1.82) is 0 Å². The van der Waals surface area contributed by atoms with Crippen LogP contribution < -0.4 is 10.1 Å². The van der Waals surface area contributed by atoms with Crippen LogP contribution in [0.1, 0.15) is 29.6 Å². The molecule has 0 unspecified atom stereocenters. The normalized spacial score (nSPS) is 14.4. The van der Waals surface area contributed by atoms with Gasteiger partial charge >= 0.3 is 0 Å². The lowest BCUT2D eigenvalue weighted by atomic mass is 9.96. The van der Waals surface area contributed by atoms with Gasteiger partial charge in [0.05, 0.1) is 30.4 Å². The minimum absolute atomic E-state index is 0.187. The first kappa shape index (κ1) is 13.8. The Bertz CT molecular complexity index is 837. The van der Waals surface area contributed by atoms with Crippen LogP contribution in [0.5, 0.6) is 5.75 Å². The Morgan fingerprint density at radius 1 is 1.22 bits per heavy atom. The van der Waals surface area contributed by atoms with Crippen LogP contribution in [-0.2, 0) is 0 Å². The van der Waals surface area contributed by atoms with Gasteiger partial charge in [0.25, 0.3) is 5.91 Å². The summed E-state index contributed by atoms with van der Waals surface area (Å²) in [6, 6.07) is 9.00. The van der Waals surface area contributed by atoms with Gasteiger partial charge in [0.2, 0.25) is 0 Å². The number of rotatable bonds is 4. The Morgan fingerprint density at radius 2 is 2.04 bits per heavy atom. The van der Waals surface area contributed by atoms with Gasteiger partial charge in [0.15, 0.2) is 5.65 Å². The second-order valence-corrected chi connectivity index (χ2v) is 5.63. The van der Waals surface area contributed by atoms with Crippen molar-refractivity contribution in [2.24, 2.45) is 0 Å². The van der Waals surface area contributed by atoms with Gasteiger partial charge in [-0.15, -0.1) is 0 Å². The van der Waals surface area contributed by atoms with Gasteiger partial charge in [-0.25, -0.2) is 9.50 Å². The molecule has 0 atom stereocenters. The molecule has 0 aliphatic heterocycles. The Kier molecular flexibility index (Phi) is 3.42. The molecule has 23 heavy (non-hydrogen) atoms. The van der Waals surface area contributed by atoms with Crippen molar-refractivity contribution in [3.05, 3.63) is 54.5 Å². The van der Waals surface area contributed by atoms with E-state index in [-0.39, 0.29) is 5.91 Å². The summed E-state index contributed by atoms with van der Waals surface area (Å²) in [6.45, 7) is 0. The standard InChI is InChI=1S/C17H16N4O2/c22-17(20-13-10-18-16-8-9-19-21(16)11-13)12-4-6-15(7-5-12)23-14-2-1-3-14/h4-11,14H,1-3H2,(H,20,22). The highest BCUT2D eigenvalue weighted by Gasteiger charge is 2.19. The first-order valence-corrected chi connectivity index (χ1v) is 7.65. The van der Waals surface area contributed by atoms with Crippen LogP contribution in [0.15, 0.2) is 48.9 Å². The minimum Gasteiger partial charge on any atom is -0.490 e. The molecular weight excluding hydrogens is 292 g/mol. The summed E-state index contributed by atoms with van der Waals surface area (Å²) in [4.78, 5) is 16.5. The third-order valence-electron chi connectivity index (χ3n) is 3.98. The molecule has 0 saturated heterocycles. The molecule has 4 rings (SSSR count). The minimum atomic E-state index is -0.187. The summed E-state index contributed by atoms with van der Waals surface area (Å²) >= 11 is 0. The molecule has 0 bridgehead atoms. The molecule has 2 heterocycles. The Morgan fingerprint density at radius 3 is 2.78 bits per heavy atom. The van der Waals surface area contributed by atoms with Crippen LogP contribution in [0.25, 0.3) is 5.65 Å². The van der Waals surface area contributed by atoms with Gasteiger partial charge in [-0.05, 0) is 43.5 Å². The molecule has 0 spiro atoms. The summed E-state index contributed by atoms with van der Waals surface area (Å²) in [6.07, 6.45) is 8.81. The van der Waals surface area contributed by atoms with Crippen LogP contribution in [0, 0.1) is 0 Å². The number of aromatic nitrogens is 3. The third kappa shape index (κ3) is 2.88. The van der Waals surface area contributed by atoms with E-state index in [0.717, 1.165) is 24.2 Å². The molecule has 0 radical (unpaired) electrons. The largest absolute Gasteiger partial charge is 0.490 e. The number of amides is 1. The van der Waals surface area contributed by atoms with Gasteiger partial charge in [-0.1, -0.05) is 0 Å². The number of hydrogen-bond acceptors (Lipinski definition) is 4. The number of ether oxygens (including phenoxy) is 1. The van der Waals surface area contributed by atoms with Crippen LogP contribution in [0.3, 0.4) is 0 Å². The number of anilines is 1. The molecular formula is C17H16N4O2. The number of nitrogens with one attached hydrogen (secondary N) is 1. The van der Waals surface area contributed by atoms with E-state index < -0.39 is 0 Å². The maximum absolute atomic E-state index is 12.3. The van der Waals surface area contributed by atoms with Crippen LogP contribution in [0.2, 0.25) is 0 Å². The summed E-state index contributed by atoms with van der Waals surface area (Å²) in [5.41, 5.74) is 1.91. The number of carbonyl (C=O) groups excluding carboxylic acids is 1. The fourth-order valence-corrected chi connectivity index (χ4v) is 2.44.